The minimum atomic E-state index is -0.325. The number of rotatable bonds is 5. The number of methoxy groups -OCH3 is 1. The average molecular weight is 428 g/mol. The molecule has 1 amide bonds. The lowest BCUT2D eigenvalue weighted by Crippen LogP contribution is -2.21. The van der Waals surface area contributed by atoms with E-state index in [-0.39, 0.29) is 28.8 Å². The van der Waals surface area contributed by atoms with Crippen molar-refractivity contribution in [3.05, 3.63) is 70.7 Å². The molecule has 0 bridgehead atoms. The molecule has 0 spiro atoms. The fourth-order valence-corrected chi connectivity index (χ4v) is 4.80. The maximum Gasteiger partial charge on any atom is 0.238 e. The van der Waals surface area contributed by atoms with E-state index in [0.717, 1.165) is 16.8 Å². The number of nitrogens with zero attached hydrogens (tertiary/aromatic N) is 1. The van der Waals surface area contributed by atoms with Gasteiger partial charge in [-0.2, -0.15) is 5.10 Å². The molecular formula is C22H22FN3O3S. The third-order valence-electron chi connectivity index (χ3n) is 5.05. The molecule has 0 radical (unpaired) electrons. The molecule has 1 aliphatic rings. The van der Waals surface area contributed by atoms with Crippen molar-refractivity contribution in [1.29, 1.82) is 0 Å². The van der Waals surface area contributed by atoms with Crippen molar-refractivity contribution < 1.29 is 18.7 Å². The summed E-state index contributed by atoms with van der Waals surface area (Å²) in [6, 6.07) is 12.1. The number of para-hydroxylation sites is 1. The minimum absolute atomic E-state index is 0.0569. The highest BCUT2D eigenvalue weighted by atomic mass is 32.2. The highest BCUT2D eigenvalue weighted by Crippen LogP contribution is 2.49. The molecular weight excluding hydrogens is 405 g/mol. The van der Waals surface area contributed by atoms with Gasteiger partial charge in [-0.3, -0.25) is 9.89 Å². The lowest BCUT2D eigenvalue weighted by molar-refractivity contribution is -0.115. The van der Waals surface area contributed by atoms with Gasteiger partial charge in [-0.25, -0.2) is 4.39 Å². The Morgan fingerprint density at radius 1 is 1.20 bits per heavy atom. The molecule has 1 aromatic heterocycles. The number of H-pyrrole nitrogens is 1. The Kier molecular flexibility index (Phi) is 5.67. The summed E-state index contributed by atoms with van der Waals surface area (Å²) >= 11 is 1.51. The summed E-state index contributed by atoms with van der Waals surface area (Å²) in [5.74, 6) is 1.15. The number of amides is 1. The molecule has 4 rings (SSSR count). The first-order valence-electron chi connectivity index (χ1n) is 9.54. The SMILES string of the molecule is COc1cccc(C2SC(C)C(=O)Nc3n[nH]c(C)c32)c1OCc1ccccc1F. The molecule has 2 heterocycles. The van der Waals surface area contributed by atoms with Gasteiger partial charge in [0.2, 0.25) is 5.91 Å². The van der Waals surface area contributed by atoms with E-state index in [1.165, 1.54) is 17.8 Å². The van der Waals surface area contributed by atoms with Crippen LogP contribution in [0.2, 0.25) is 0 Å². The highest BCUT2D eigenvalue weighted by molar-refractivity contribution is 8.01. The van der Waals surface area contributed by atoms with E-state index in [2.05, 4.69) is 15.5 Å². The van der Waals surface area contributed by atoms with Crippen molar-refractivity contribution in [3.8, 4) is 11.5 Å². The molecule has 6 nitrogen and oxygen atoms in total. The number of thioether (sulfide) groups is 1. The van der Waals surface area contributed by atoms with E-state index in [9.17, 15) is 9.18 Å². The van der Waals surface area contributed by atoms with Crippen LogP contribution in [0.15, 0.2) is 42.5 Å². The van der Waals surface area contributed by atoms with Crippen LogP contribution >= 0.6 is 11.8 Å². The van der Waals surface area contributed by atoms with E-state index < -0.39 is 0 Å². The molecule has 0 saturated heterocycles. The van der Waals surface area contributed by atoms with Gasteiger partial charge in [0, 0.05) is 22.4 Å². The summed E-state index contributed by atoms with van der Waals surface area (Å²) in [5.41, 5.74) is 3.04. The molecule has 2 atom stereocenters. The normalized spacial score (nSPS) is 18.3. The molecule has 2 N–H and O–H groups in total. The Balaban J connectivity index is 1.78. The lowest BCUT2D eigenvalue weighted by atomic mass is 10.0. The minimum Gasteiger partial charge on any atom is -0.493 e. The van der Waals surface area contributed by atoms with Crippen LogP contribution in [0.5, 0.6) is 11.5 Å². The quantitative estimate of drug-likeness (QED) is 0.622. The number of ether oxygens (including phenoxy) is 2. The number of halogens is 1. The Labute approximate surface area is 178 Å². The van der Waals surface area contributed by atoms with Gasteiger partial charge in [-0.05, 0) is 26.0 Å². The third kappa shape index (κ3) is 3.75. The Hall–Kier alpha value is -3.00. The van der Waals surface area contributed by atoms with Crippen LogP contribution in [0.4, 0.5) is 10.2 Å². The van der Waals surface area contributed by atoms with Crippen molar-refractivity contribution in [2.75, 3.05) is 12.4 Å². The van der Waals surface area contributed by atoms with Crippen LogP contribution in [0.1, 0.15) is 34.6 Å². The maximum atomic E-state index is 14.1. The first-order valence-corrected chi connectivity index (χ1v) is 10.5. The third-order valence-corrected chi connectivity index (χ3v) is 6.43. The molecule has 156 valence electrons. The molecule has 2 aromatic carbocycles. The molecule has 0 saturated carbocycles. The second-order valence-corrected chi connectivity index (χ2v) is 8.47. The zero-order chi connectivity index (χ0) is 21.3. The van der Waals surface area contributed by atoms with Gasteiger partial charge >= 0.3 is 0 Å². The molecule has 1 aliphatic heterocycles. The van der Waals surface area contributed by atoms with Crippen molar-refractivity contribution in [2.45, 2.75) is 31.0 Å². The van der Waals surface area contributed by atoms with Crippen LogP contribution in [-0.4, -0.2) is 28.5 Å². The second kappa shape index (κ2) is 8.39. The second-order valence-electron chi connectivity index (χ2n) is 7.02. The summed E-state index contributed by atoms with van der Waals surface area (Å²) in [7, 11) is 1.57. The van der Waals surface area contributed by atoms with Crippen LogP contribution in [0.25, 0.3) is 0 Å². The molecule has 0 fully saturated rings. The van der Waals surface area contributed by atoms with Gasteiger partial charge in [0.05, 0.1) is 17.6 Å². The predicted molar refractivity (Wildman–Crippen MR) is 115 cm³/mol. The Bertz CT molecular complexity index is 1090. The van der Waals surface area contributed by atoms with E-state index in [1.807, 2.05) is 26.0 Å². The monoisotopic (exact) mass is 427 g/mol. The van der Waals surface area contributed by atoms with Gasteiger partial charge in [0.15, 0.2) is 17.3 Å². The number of anilines is 1. The summed E-state index contributed by atoms with van der Waals surface area (Å²) in [5, 5.41) is 9.58. The van der Waals surface area contributed by atoms with Crippen LogP contribution in [-0.2, 0) is 11.4 Å². The number of aromatic amines is 1. The summed E-state index contributed by atoms with van der Waals surface area (Å²) < 4.78 is 25.8. The largest absolute Gasteiger partial charge is 0.493 e. The fourth-order valence-electron chi connectivity index (χ4n) is 3.45. The van der Waals surface area contributed by atoms with Crippen molar-refractivity contribution >= 4 is 23.5 Å². The molecule has 30 heavy (non-hydrogen) atoms. The summed E-state index contributed by atoms with van der Waals surface area (Å²) in [6.07, 6.45) is 0. The zero-order valence-corrected chi connectivity index (χ0v) is 17.7. The number of aryl methyl sites for hydroxylation is 1. The first-order chi connectivity index (χ1) is 14.5. The zero-order valence-electron chi connectivity index (χ0n) is 16.9. The number of nitrogens with one attached hydrogen (secondary N) is 2. The number of benzene rings is 2. The molecule has 2 unspecified atom stereocenters. The standard InChI is InChI=1S/C22H22FN3O3S/c1-12-18-20(30-13(2)22(27)24-21(18)26-25-12)15-8-6-10-17(28-3)19(15)29-11-14-7-4-5-9-16(14)23/h4-10,13,20H,11H2,1-3H3,(H2,24,25,26,27). The van der Waals surface area contributed by atoms with E-state index in [0.29, 0.717) is 22.9 Å². The van der Waals surface area contributed by atoms with E-state index in [4.69, 9.17) is 9.47 Å². The topological polar surface area (TPSA) is 76.2 Å². The highest BCUT2D eigenvalue weighted by Gasteiger charge is 2.34. The molecule has 3 aromatic rings. The van der Waals surface area contributed by atoms with Gasteiger partial charge in [-0.1, -0.05) is 30.3 Å². The molecule has 0 aliphatic carbocycles. The fraction of sp³-hybridized carbons (Fsp3) is 0.273. The number of hydrogen-bond acceptors (Lipinski definition) is 5. The van der Waals surface area contributed by atoms with E-state index >= 15 is 0 Å². The number of aromatic nitrogens is 2. The predicted octanol–water partition coefficient (Wildman–Crippen LogP) is 4.61. The van der Waals surface area contributed by atoms with Crippen LogP contribution in [0.3, 0.4) is 0 Å². The lowest BCUT2D eigenvalue weighted by Gasteiger charge is -2.22. The number of fused-ring (bicyclic) bond motifs is 1. The number of carbonyl (C=O) groups excluding carboxylic acids is 1. The van der Waals surface area contributed by atoms with Crippen molar-refractivity contribution in [3.63, 3.8) is 0 Å². The van der Waals surface area contributed by atoms with E-state index in [1.54, 1.807) is 31.4 Å². The van der Waals surface area contributed by atoms with Gasteiger partial charge in [0.25, 0.3) is 0 Å². The summed E-state index contributed by atoms with van der Waals surface area (Å²) in [4.78, 5) is 12.4. The summed E-state index contributed by atoms with van der Waals surface area (Å²) in [6.45, 7) is 3.83. The van der Waals surface area contributed by atoms with Crippen molar-refractivity contribution in [1.82, 2.24) is 10.2 Å². The Morgan fingerprint density at radius 2 is 2.00 bits per heavy atom. The smallest absolute Gasteiger partial charge is 0.238 e. The van der Waals surface area contributed by atoms with Crippen LogP contribution < -0.4 is 14.8 Å². The van der Waals surface area contributed by atoms with Gasteiger partial charge < -0.3 is 14.8 Å². The van der Waals surface area contributed by atoms with Gasteiger partial charge in [-0.15, -0.1) is 11.8 Å². The van der Waals surface area contributed by atoms with Gasteiger partial charge in [0.1, 0.15) is 12.4 Å². The average Bonchev–Trinajstić information content (AvgIpc) is 3.04. The Morgan fingerprint density at radius 3 is 2.77 bits per heavy atom. The first kappa shape index (κ1) is 20.3. The number of carbonyl (C=O) groups is 1. The van der Waals surface area contributed by atoms with Crippen LogP contribution in [0, 0.1) is 12.7 Å². The maximum absolute atomic E-state index is 14.1. The molecule has 8 heteroatoms. The van der Waals surface area contributed by atoms with Crippen molar-refractivity contribution in [2.24, 2.45) is 0 Å². The number of hydrogen-bond donors (Lipinski definition) is 2.